The van der Waals surface area contributed by atoms with Crippen molar-refractivity contribution in [2.75, 3.05) is 32.7 Å². The molecule has 42 heavy (non-hydrogen) atoms. The Bertz CT molecular complexity index is 1330. The van der Waals surface area contributed by atoms with Gasteiger partial charge in [0.1, 0.15) is 11.4 Å². The number of amides is 2. The Morgan fingerprint density at radius 1 is 0.905 bits per heavy atom. The van der Waals surface area contributed by atoms with Crippen LogP contribution in [0.3, 0.4) is 0 Å². The molecule has 4 N–H and O–H groups in total. The number of aliphatic carboxylic acids is 1. The number of carbonyl (C=O) groups excluding carboxylic acids is 2. The number of ether oxygens (including phenoxy) is 1. The van der Waals surface area contributed by atoms with Crippen molar-refractivity contribution in [2.45, 2.75) is 96.5 Å². The quantitative estimate of drug-likeness (QED) is 0.183. The van der Waals surface area contributed by atoms with Crippen LogP contribution in [0.1, 0.15) is 81.0 Å². The zero-order chi connectivity index (χ0) is 31.2. The number of carboxylic acids is 1. The van der Waals surface area contributed by atoms with E-state index in [0.29, 0.717) is 88.8 Å². The minimum absolute atomic E-state index is 0.00516. The van der Waals surface area contributed by atoms with Crippen molar-refractivity contribution < 1.29 is 32.6 Å². The van der Waals surface area contributed by atoms with Crippen LogP contribution < -0.4 is 15.8 Å². The molecule has 1 aromatic rings. The molecule has 0 radical (unpaired) electrons. The maximum atomic E-state index is 13.3. The topological polar surface area (TPSA) is 172 Å². The zero-order valence-electron chi connectivity index (χ0n) is 25.4. The van der Waals surface area contributed by atoms with Crippen molar-refractivity contribution in [3.05, 3.63) is 22.3 Å². The van der Waals surface area contributed by atoms with Crippen molar-refractivity contribution in [1.82, 2.24) is 15.1 Å². The van der Waals surface area contributed by atoms with E-state index in [1.807, 2.05) is 20.8 Å². The second-order valence-electron chi connectivity index (χ2n) is 11.7. The van der Waals surface area contributed by atoms with E-state index in [0.717, 1.165) is 16.9 Å². The van der Waals surface area contributed by atoms with Gasteiger partial charge in [-0.1, -0.05) is 0 Å². The molecule has 1 aromatic carbocycles. The first-order valence-corrected chi connectivity index (χ1v) is 16.0. The highest BCUT2D eigenvalue weighted by Crippen LogP contribution is 2.44. The van der Waals surface area contributed by atoms with Gasteiger partial charge in [-0.15, -0.1) is 4.40 Å². The van der Waals surface area contributed by atoms with Crippen LogP contribution in [0.4, 0.5) is 0 Å². The predicted octanol–water partition coefficient (Wildman–Crippen LogP) is 2.40. The van der Waals surface area contributed by atoms with Crippen LogP contribution in [0.15, 0.2) is 9.29 Å². The monoisotopic (exact) mass is 607 g/mol. The second-order valence-corrected chi connectivity index (χ2v) is 13.3. The molecular formula is C29H45N5O7S. The minimum atomic E-state index is -4.06. The molecule has 2 aliphatic heterocycles. The van der Waals surface area contributed by atoms with Gasteiger partial charge in [0.2, 0.25) is 17.8 Å². The van der Waals surface area contributed by atoms with E-state index >= 15 is 0 Å². The summed E-state index contributed by atoms with van der Waals surface area (Å²) in [6.07, 6.45) is 3.54. The highest BCUT2D eigenvalue weighted by atomic mass is 32.2. The van der Waals surface area contributed by atoms with Gasteiger partial charge in [0.25, 0.3) is 10.0 Å². The second kappa shape index (κ2) is 13.7. The van der Waals surface area contributed by atoms with E-state index < -0.39 is 21.6 Å². The summed E-state index contributed by atoms with van der Waals surface area (Å²) < 4.78 is 36.4. The molecule has 13 heteroatoms. The Morgan fingerprint density at radius 2 is 1.43 bits per heavy atom. The predicted molar refractivity (Wildman–Crippen MR) is 159 cm³/mol. The summed E-state index contributed by atoms with van der Waals surface area (Å²) in [5, 5.41) is 11.5. The average molecular weight is 608 g/mol. The number of guanidine groups is 1. The van der Waals surface area contributed by atoms with Crippen molar-refractivity contribution in [1.29, 1.82) is 0 Å². The van der Waals surface area contributed by atoms with Gasteiger partial charge in [0, 0.05) is 64.0 Å². The SMILES string of the molecule is Cc1c(C)c(S(=O)(=O)/N=C(\N)NCCCCC(=O)N2CCN(C(=O)CCCCC(=O)O)CC2)c(C)c2c1OC(C)(C)C2. The molecule has 2 aliphatic rings. The van der Waals surface area contributed by atoms with E-state index in [2.05, 4.69) is 9.71 Å². The number of piperazine rings is 1. The Morgan fingerprint density at radius 3 is 1.98 bits per heavy atom. The molecule has 0 saturated carbocycles. The van der Waals surface area contributed by atoms with Gasteiger partial charge in [-0.2, -0.15) is 8.42 Å². The van der Waals surface area contributed by atoms with E-state index in [1.54, 1.807) is 23.6 Å². The van der Waals surface area contributed by atoms with Gasteiger partial charge < -0.3 is 30.7 Å². The number of nitrogens with two attached hydrogens (primary N) is 1. The van der Waals surface area contributed by atoms with Crippen LogP contribution in [-0.4, -0.2) is 85.4 Å². The molecule has 0 aliphatic carbocycles. The summed E-state index contributed by atoms with van der Waals surface area (Å²) in [6, 6.07) is 0. The third-order valence-electron chi connectivity index (χ3n) is 7.91. The van der Waals surface area contributed by atoms with Crippen molar-refractivity contribution in [3.8, 4) is 5.75 Å². The summed E-state index contributed by atoms with van der Waals surface area (Å²) in [7, 11) is -4.06. The van der Waals surface area contributed by atoms with E-state index in [-0.39, 0.29) is 29.1 Å². The molecular weight excluding hydrogens is 562 g/mol. The lowest BCUT2D eigenvalue weighted by Gasteiger charge is -2.35. The van der Waals surface area contributed by atoms with Gasteiger partial charge in [0.05, 0.1) is 4.90 Å². The maximum absolute atomic E-state index is 13.3. The third kappa shape index (κ3) is 8.36. The fourth-order valence-corrected chi connectivity index (χ4v) is 7.00. The van der Waals surface area contributed by atoms with Crippen molar-refractivity contribution in [3.63, 3.8) is 0 Å². The number of carbonyl (C=O) groups is 3. The number of nitrogens with zero attached hydrogens (tertiary/aromatic N) is 3. The standard InChI is InChI=1S/C29H45N5O7S/c1-19-20(2)27(21(3)22-18-29(4,5)41-26(19)22)42(39,40)32-28(30)31-13-9-8-11-24(36)34-16-14-33(15-17-34)23(35)10-6-7-12-25(37)38/h6-18H2,1-5H3,(H,37,38)(H3,30,31,32). The largest absolute Gasteiger partial charge is 0.487 e. The van der Waals surface area contributed by atoms with Crippen LogP contribution in [0.25, 0.3) is 0 Å². The number of sulfonamides is 1. The number of hydrogen-bond acceptors (Lipinski definition) is 6. The number of unbranched alkanes of at least 4 members (excludes halogenated alkanes) is 2. The molecule has 234 valence electrons. The molecule has 2 heterocycles. The smallest absolute Gasteiger partial charge is 0.303 e. The van der Waals surface area contributed by atoms with Gasteiger partial charge >= 0.3 is 5.97 Å². The van der Waals surface area contributed by atoms with Gasteiger partial charge in [-0.3, -0.25) is 14.4 Å². The number of carboxylic acid groups (broad SMARTS) is 1. The molecule has 0 bridgehead atoms. The number of nitrogens with one attached hydrogen (secondary N) is 1. The molecule has 0 aromatic heterocycles. The molecule has 1 fully saturated rings. The van der Waals surface area contributed by atoms with Gasteiger partial charge in [0.15, 0.2) is 0 Å². The average Bonchev–Trinajstić information content (AvgIpc) is 3.24. The van der Waals surface area contributed by atoms with Crippen molar-refractivity contribution >= 4 is 33.8 Å². The van der Waals surface area contributed by atoms with Crippen LogP contribution in [-0.2, 0) is 30.8 Å². The Labute approximate surface area is 248 Å². The fraction of sp³-hybridized carbons (Fsp3) is 0.655. The molecule has 0 unspecified atom stereocenters. The first-order valence-electron chi connectivity index (χ1n) is 14.6. The summed E-state index contributed by atoms with van der Waals surface area (Å²) in [5.41, 5.74) is 8.43. The number of benzene rings is 1. The molecule has 0 spiro atoms. The zero-order valence-corrected chi connectivity index (χ0v) is 26.2. The lowest BCUT2D eigenvalue weighted by molar-refractivity contribution is -0.140. The highest BCUT2D eigenvalue weighted by molar-refractivity contribution is 7.90. The Balaban J connectivity index is 1.43. The van der Waals surface area contributed by atoms with Gasteiger partial charge in [-0.05, 0) is 77.0 Å². The van der Waals surface area contributed by atoms with Crippen LogP contribution in [0.5, 0.6) is 5.75 Å². The molecule has 3 rings (SSSR count). The van der Waals surface area contributed by atoms with Crippen LogP contribution in [0, 0.1) is 20.8 Å². The highest BCUT2D eigenvalue weighted by Gasteiger charge is 2.36. The van der Waals surface area contributed by atoms with Gasteiger partial charge in [-0.25, -0.2) is 0 Å². The molecule has 12 nitrogen and oxygen atoms in total. The summed E-state index contributed by atoms with van der Waals surface area (Å²) in [6.45, 7) is 11.6. The summed E-state index contributed by atoms with van der Waals surface area (Å²) >= 11 is 0. The molecule has 1 saturated heterocycles. The van der Waals surface area contributed by atoms with E-state index in [1.165, 1.54) is 0 Å². The summed E-state index contributed by atoms with van der Waals surface area (Å²) in [4.78, 5) is 39.1. The lowest BCUT2D eigenvalue weighted by Crippen LogP contribution is -2.50. The molecule has 2 amide bonds. The molecule has 0 atom stereocenters. The Kier molecular flexibility index (Phi) is 10.9. The summed E-state index contributed by atoms with van der Waals surface area (Å²) in [5.74, 6) is -0.300. The lowest BCUT2D eigenvalue weighted by atomic mass is 9.94. The van der Waals surface area contributed by atoms with Crippen LogP contribution in [0.2, 0.25) is 0 Å². The van der Waals surface area contributed by atoms with E-state index in [4.69, 9.17) is 15.6 Å². The Hall–Kier alpha value is -3.35. The van der Waals surface area contributed by atoms with Crippen molar-refractivity contribution in [2.24, 2.45) is 10.1 Å². The first kappa shape index (κ1) is 33.2. The fourth-order valence-electron chi connectivity index (χ4n) is 5.53. The first-order chi connectivity index (χ1) is 19.6. The number of hydrogen-bond donors (Lipinski definition) is 3. The van der Waals surface area contributed by atoms with Crippen LogP contribution >= 0.6 is 0 Å². The normalized spacial score (nSPS) is 16.6. The minimum Gasteiger partial charge on any atom is -0.487 e. The third-order valence-corrected chi connectivity index (χ3v) is 9.47. The maximum Gasteiger partial charge on any atom is 0.303 e. The number of fused-ring (bicyclic) bond motifs is 1. The van der Waals surface area contributed by atoms with E-state index in [9.17, 15) is 22.8 Å². The number of rotatable bonds is 12.